The van der Waals surface area contributed by atoms with Crippen LogP contribution in [0.2, 0.25) is 0 Å². The number of hydrogen-bond donors (Lipinski definition) is 2. The zero-order valence-corrected chi connectivity index (χ0v) is 7.06. The van der Waals surface area contributed by atoms with Crippen molar-refractivity contribution in [1.82, 2.24) is 0 Å². The molecule has 0 radical (unpaired) electrons. The maximum absolute atomic E-state index is 10.2. The molecule has 10 heavy (non-hydrogen) atoms. The zero-order chi connectivity index (χ0) is 7.98. The van der Waals surface area contributed by atoms with Crippen LogP contribution in [0.5, 0.6) is 0 Å². The van der Waals surface area contributed by atoms with Crippen LogP contribution in [-0.4, -0.2) is 20.6 Å². The molecule has 0 aliphatic rings. The zero-order valence-electron chi connectivity index (χ0n) is 6.25. The summed E-state index contributed by atoms with van der Waals surface area (Å²) in [6.07, 6.45) is 2.98. The lowest BCUT2D eigenvalue weighted by Crippen LogP contribution is -2.26. The fraction of sp³-hybridized carbons (Fsp3) is 1.00. The Morgan fingerprint density at radius 2 is 2.30 bits per heavy atom. The summed E-state index contributed by atoms with van der Waals surface area (Å²) in [4.78, 5) is 0. The first-order valence-corrected chi connectivity index (χ1v) is 4.77. The Morgan fingerprint density at radius 1 is 1.70 bits per heavy atom. The van der Waals surface area contributed by atoms with E-state index in [1.165, 1.54) is 0 Å². The van der Waals surface area contributed by atoms with E-state index >= 15 is 0 Å². The van der Waals surface area contributed by atoms with Crippen molar-refractivity contribution in [3.05, 3.63) is 0 Å². The molecule has 2 atom stereocenters. The number of rotatable bonds is 5. The number of nitrogens with two attached hydrogens (primary N) is 1. The highest BCUT2D eigenvalue weighted by molar-refractivity contribution is 7.79. The minimum atomic E-state index is -1.72. The molecule has 3 N–H and O–H groups in total. The second-order valence-electron chi connectivity index (χ2n) is 2.39. The summed E-state index contributed by atoms with van der Waals surface area (Å²) in [6, 6.07) is -0.106. The first-order valence-electron chi connectivity index (χ1n) is 3.49. The monoisotopic (exact) mass is 165 g/mol. The molecule has 0 rings (SSSR count). The van der Waals surface area contributed by atoms with Gasteiger partial charge in [-0.05, 0) is 6.42 Å². The molecule has 0 heterocycles. The Bertz CT molecular complexity index is 108. The summed E-state index contributed by atoms with van der Waals surface area (Å²) in [7, 11) is 0. The topological polar surface area (TPSA) is 63.3 Å². The van der Waals surface area contributed by atoms with Crippen LogP contribution in [0.15, 0.2) is 0 Å². The van der Waals surface area contributed by atoms with Crippen molar-refractivity contribution in [2.45, 2.75) is 32.2 Å². The first-order chi connectivity index (χ1) is 4.66. The molecule has 0 aliphatic heterocycles. The Hall–Kier alpha value is 0.0700. The van der Waals surface area contributed by atoms with E-state index in [0.717, 1.165) is 19.3 Å². The van der Waals surface area contributed by atoms with Crippen LogP contribution in [0.25, 0.3) is 0 Å². The fourth-order valence-electron chi connectivity index (χ4n) is 0.733. The molecule has 4 heteroatoms. The fourth-order valence-corrected chi connectivity index (χ4v) is 1.27. The van der Waals surface area contributed by atoms with Gasteiger partial charge in [-0.3, -0.25) is 0 Å². The predicted octanol–water partition coefficient (Wildman–Crippen LogP) is 0.726. The molecule has 0 aromatic carbocycles. The van der Waals surface area contributed by atoms with Crippen molar-refractivity contribution in [3.8, 4) is 0 Å². The van der Waals surface area contributed by atoms with Crippen LogP contribution in [0, 0.1) is 0 Å². The molecule has 2 unspecified atom stereocenters. The van der Waals surface area contributed by atoms with Gasteiger partial charge in [0, 0.05) is 6.04 Å². The van der Waals surface area contributed by atoms with Gasteiger partial charge in [0.15, 0.2) is 11.1 Å². The quantitative estimate of drug-likeness (QED) is 0.590. The van der Waals surface area contributed by atoms with Crippen LogP contribution in [0.1, 0.15) is 26.2 Å². The second kappa shape index (κ2) is 5.82. The van der Waals surface area contributed by atoms with Gasteiger partial charge in [0.2, 0.25) is 0 Å². The summed E-state index contributed by atoms with van der Waals surface area (Å²) < 4.78 is 18.6. The molecule has 0 saturated carbocycles. The van der Waals surface area contributed by atoms with Crippen LogP contribution in [-0.2, 0) is 11.1 Å². The first kappa shape index (κ1) is 10.1. The molecular formula is C6H15NO2S. The van der Waals surface area contributed by atoms with Gasteiger partial charge in [-0.1, -0.05) is 19.8 Å². The molecule has 3 nitrogen and oxygen atoms in total. The van der Waals surface area contributed by atoms with Crippen molar-refractivity contribution in [2.24, 2.45) is 5.73 Å². The second-order valence-corrected chi connectivity index (χ2v) is 3.37. The number of hydrogen-bond acceptors (Lipinski definition) is 2. The normalized spacial score (nSPS) is 16.7. The maximum atomic E-state index is 10.2. The Morgan fingerprint density at radius 3 is 2.70 bits per heavy atom. The lowest BCUT2D eigenvalue weighted by molar-refractivity contribution is 0.544. The van der Waals surface area contributed by atoms with Crippen molar-refractivity contribution in [3.63, 3.8) is 0 Å². The van der Waals surface area contributed by atoms with Crippen molar-refractivity contribution >= 4 is 11.1 Å². The van der Waals surface area contributed by atoms with E-state index in [2.05, 4.69) is 6.92 Å². The van der Waals surface area contributed by atoms with Gasteiger partial charge in [0.05, 0.1) is 5.75 Å². The Labute approximate surface area is 64.3 Å². The summed E-state index contributed by atoms with van der Waals surface area (Å²) >= 11 is -1.72. The Balaban J connectivity index is 3.25. The van der Waals surface area contributed by atoms with E-state index < -0.39 is 11.1 Å². The number of unbranched alkanes of at least 4 members (excludes halogenated alkanes) is 1. The smallest absolute Gasteiger partial charge is 0.154 e. The maximum Gasteiger partial charge on any atom is 0.154 e. The minimum absolute atomic E-state index is 0.106. The van der Waals surface area contributed by atoms with E-state index in [1.807, 2.05) is 0 Å². The lowest BCUT2D eigenvalue weighted by atomic mass is 10.2. The average molecular weight is 165 g/mol. The highest BCUT2D eigenvalue weighted by atomic mass is 32.2. The van der Waals surface area contributed by atoms with Crippen molar-refractivity contribution in [1.29, 1.82) is 0 Å². The summed E-state index contributed by atoms with van der Waals surface area (Å²) in [5.41, 5.74) is 5.51. The van der Waals surface area contributed by atoms with Gasteiger partial charge in [0.1, 0.15) is 0 Å². The highest BCUT2D eigenvalue weighted by Gasteiger charge is 2.04. The third kappa shape index (κ3) is 6.19. The predicted molar refractivity (Wildman–Crippen MR) is 43.1 cm³/mol. The molecule has 62 valence electrons. The Kier molecular flexibility index (Phi) is 5.87. The van der Waals surface area contributed by atoms with Gasteiger partial charge in [0.25, 0.3) is 0 Å². The molecule has 0 fully saturated rings. The summed E-state index contributed by atoms with van der Waals surface area (Å²) in [5, 5.41) is 0. The average Bonchev–Trinajstić information content (AvgIpc) is 1.82. The third-order valence-corrected chi connectivity index (χ3v) is 2.00. The molecule has 0 aromatic heterocycles. The molecular weight excluding hydrogens is 150 g/mol. The van der Waals surface area contributed by atoms with E-state index in [4.69, 9.17) is 10.3 Å². The van der Waals surface area contributed by atoms with Crippen LogP contribution >= 0.6 is 0 Å². The highest BCUT2D eigenvalue weighted by Crippen LogP contribution is 1.98. The van der Waals surface area contributed by atoms with Gasteiger partial charge >= 0.3 is 0 Å². The lowest BCUT2D eigenvalue weighted by Gasteiger charge is -2.06. The molecule has 0 spiro atoms. The van der Waals surface area contributed by atoms with E-state index in [9.17, 15) is 4.21 Å². The van der Waals surface area contributed by atoms with E-state index in [-0.39, 0.29) is 11.8 Å². The molecule has 0 saturated heterocycles. The van der Waals surface area contributed by atoms with Gasteiger partial charge < -0.3 is 10.3 Å². The third-order valence-electron chi connectivity index (χ3n) is 1.29. The SMILES string of the molecule is CCCCC(N)CS(=O)O. The standard InChI is InChI=1S/C6H15NO2S/c1-2-3-4-6(7)5-10(8)9/h6H,2-5,7H2,1H3,(H,8,9). The summed E-state index contributed by atoms with van der Waals surface area (Å²) in [6.45, 7) is 2.07. The molecule has 0 bridgehead atoms. The van der Waals surface area contributed by atoms with Gasteiger partial charge in [-0.25, -0.2) is 4.21 Å². The molecule has 0 aromatic rings. The molecule has 0 amide bonds. The van der Waals surface area contributed by atoms with Crippen LogP contribution in [0.3, 0.4) is 0 Å². The molecule has 0 aliphatic carbocycles. The van der Waals surface area contributed by atoms with Gasteiger partial charge in [-0.15, -0.1) is 0 Å². The van der Waals surface area contributed by atoms with E-state index in [1.54, 1.807) is 0 Å². The largest absolute Gasteiger partial charge is 0.327 e. The van der Waals surface area contributed by atoms with Crippen LogP contribution < -0.4 is 5.73 Å². The summed E-state index contributed by atoms with van der Waals surface area (Å²) in [5.74, 6) is 0.208. The van der Waals surface area contributed by atoms with Crippen molar-refractivity contribution < 1.29 is 8.76 Å². The van der Waals surface area contributed by atoms with Crippen LogP contribution in [0.4, 0.5) is 0 Å². The minimum Gasteiger partial charge on any atom is -0.327 e. The van der Waals surface area contributed by atoms with Gasteiger partial charge in [-0.2, -0.15) is 0 Å². The van der Waals surface area contributed by atoms with E-state index in [0.29, 0.717) is 0 Å². The van der Waals surface area contributed by atoms with Crippen molar-refractivity contribution in [2.75, 3.05) is 5.75 Å².